The second kappa shape index (κ2) is 6.76. The van der Waals surface area contributed by atoms with Crippen LogP contribution in [0.25, 0.3) is 0 Å². The lowest BCUT2D eigenvalue weighted by Gasteiger charge is -2.30. The van der Waals surface area contributed by atoms with Gasteiger partial charge in [-0.3, -0.25) is 4.79 Å². The van der Waals surface area contributed by atoms with Crippen molar-refractivity contribution in [1.29, 1.82) is 0 Å². The van der Waals surface area contributed by atoms with Crippen LogP contribution in [-0.4, -0.2) is 38.9 Å². The van der Waals surface area contributed by atoms with Crippen LogP contribution in [0.15, 0.2) is 32.0 Å². The average molecular weight is 441 g/mol. The first-order valence-electron chi connectivity index (χ1n) is 6.39. The van der Waals surface area contributed by atoms with Gasteiger partial charge in [-0.25, -0.2) is 8.42 Å². The summed E-state index contributed by atoms with van der Waals surface area (Å²) in [5.74, 6) is -0.757. The van der Waals surface area contributed by atoms with Crippen molar-refractivity contribution >= 4 is 47.9 Å². The van der Waals surface area contributed by atoms with Gasteiger partial charge in [0.05, 0.1) is 17.9 Å². The van der Waals surface area contributed by atoms with Crippen LogP contribution in [0.1, 0.15) is 12.8 Å². The number of carbonyl (C=O) groups excluding carboxylic acids is 1. The molecule has 0 aliphatic carbocycles. The molecule has 0 saturated carbocycles. The summed E-state index contributed by atoms with van der Waals surface area (Å²) >= 11 is 6.55. The highest BCUT2D eigenvalue weighted by atomic mass is 79.9. The molecule has 0 bridgehead atoms. The number of rotatable bonds is 3. The molecular weight excluding hydrogens is 426 g/mol. The predicted octanol–water partition coefficient (Wildman–Crippen LogP) is 2.79. The number of esters is 1. The molecule has 1 atom stereocenters. The summed E-state index contributed by atoms with van der Waals surface area (Å²) < 4.78 is 32.7. The predicted molar refractivity (Wildman–Crippen MR) is 85.3 cm³/mol. The van der Waals surface area contributed by atoms with E-state index in [1.807, 2.05) is 0 Å². The Bertz CT molecular complexity index is 648. The Morgan fingerprint density at radius 1 is 1.38 bits per heavy atom. The Morgan fingerprint density at radius 3 is 2.76 bits per heavy atom. The van der Waals surface area contributed by atoms with E-state index in [0.29, 0.717) is 28.3 Å². The van der Waals surface area contributed by atoms with E-state index in [1.54, 1.807) is 18.2 Å². The van der Waals surface area contributed by atoms with Crippen LogP contribution in [0.5, 0.6) is 0 Å². The van der Waals surface area contributed by atoms with E-state index in [-0.39, 0.29) is 17.4 Å². The number of ether oxygens (including phenoxy) is 1. The minimum absolute atomic E-state index is 0.161. The third-order valence-electron chi connectivity index (χ3n) is 3.43. The lowest BCUT2D eigenvalue weighted by molar-refractivity contribution is -0.146. The normalized spacial score (nSPS) is 20.2. The minimum atomic E-state index is -3.64. The number of methoxy groups -OCH3 is 1. The number of carbonyl (C=O) groups is 1. The molecule has 8 heteroatoms. The summed E-state index contributed by atoms with van der Waals surface area (Å²) in [5.41, 5.74) is 0. The highest BCUT2D eigenvalue weighted by Crippen LogP contribution is 2.30. The van der Waals surface area contributed by atoms with E-state index in [9.17, 15) is 13.2 Å². The summed E-state index contributed by atoms with van der Waals surface area (Å²) in [7, 11) is -2.32. The van der Waals surface area contributed by atoms with E-state index >= 15 is 0 Å². The first kappa shape index (κ1) is 16.9. The lowest BCUT2D eigenvalue weighted by atomic mass is 10.0. The first-order chi connectivity index (χ1) is 9.86. The Labute approximate surface area is 141 Å². The number of piperidine rings is 1. The van der Waals surface area contributed by atoms with Gasteiger partial charge in [0.25, 0.3) is 0 Å². The number of hydrogen-bond donors (Lipinski definition) is 0. The van der Waals surface area contributed by atoms with Crippen molar-refractivity contribution in [3.05, 3.63) is 27.1 Å². The van der Waals surface area contributed by atoms with Crippen molar-refractivity contribution in [2.75, 3.05) is 20.2 Å². The Balaban J connectivity index is 2.31. The molecule has 1 aromatic rings. The van der Waals surface area contributed by atoms with Crippen molar-refractivity contribution in [3.63, 3.8) is 0 Å². The molecule has 1 aromatic carbocycles. The molecule has 1 fully saturated rings. The fourth-order valence-electron chi connectivity index (χ4n) is 2.33. The molecule has 1 aliphatic rings. The van der Waals surface area contributed by atoms with Crippen molar-refractivity contribution in [2.24, 2.45) is 5.92 Å². The van der Waals surface area contributed by atoms with Crippen molar-refractivity contribution in [3.8, 4) is 0 Å². The molecule has 0 N–H and O–H groups in total. The average Bonchev–Trinajstić information content (AvgIpc) is 2.49. The SMILES string of the molecule is COC(=O)[C@H]1CCCN(S(=O)(=O)c2cc(Br)ccc2Br)C1. The van der Waals surface area contributed by atoms with E-state index in [0.717, 1.165) is 0 Å². The molecule has 0 amide bonds. The van der Waals surface area contributed by atoms with Crippen LogP contribution in [0.2, 0.25) is 0 Å². The molecule has 5 nitrogen and oxygen atoms in total. The summed E-state index contributed by atoms with van der Waals surface area (Å²) in [5, 5.41) is 0. The van der Waals surface area contributed by atoms with Crippen molar-refractivity contribution in [1.82, 2.24) is 4.31 Å². The van der Waals surface area contributed by atoms with Crippen LogP contribution in [0.3, 0.4) is 0 Å². The molecular formula is C13H15Br2NO4S. The monoisotopic (exact) mass is 439 g/mol. The molecule has 1 aliphatic heterocycles. The Kier molecular flexibility index (Phi) is 5.45. The minimum Gasteiger partial charge on any atom is -0.469 e. The van der Waals surface area contributed by atoms with Gasteiger partial charge in [0.1, 0.15) is 0 Å². The van der Waals surface area contributed by atoms with Gasteiger partial charge in [-0.1, -0.05) is 15.9 Å². The van der Waals surface area contributed by atoms with E-state index in [1.165, 1.54) is 11.4 Å². The smallest absolute Gasteiger partial charge is 0.309 e. The van der Waals surface area contributed by atoms with Gasteiger partial charge < -0.3 is 4.74 Å². The van der Waals surface area contributed by atoms with E-state index in [4.69, 9.17) is 4.74 Å². The van der Waals surface area contributed by atoms with Gasteiger partial charge in [0.15, 0.2) is 0 Å². The van der Waals surface area contributed by atoms with E-state index < -0.39 is 15.9 Å². The first-order valence-corrected chi connectivity index (χ1v) is 9.42. The molecule has 0 spiro atoms. The summed E-state index contributed by atoms with van der Waals surface area (Å²) in [6.07, 6.45) is 1.29. The zero-order valence-electron chi connectivity index (χ0n) is 11.4. The molecule has 0 aromatic heterocycles. The number of benzene rings is 1. The van der Waals surface area contributed by atoms with Gasteiger partial charge in [0.2, 0.25) is 10.0 Å². The van der Waals surface area contributed by atoms with Gasteiger partial charge in [0, 0.05) is 22.0 Å². The maximum atomic E-state index is 12.7. The fraction of sp³-hybridized carbons (Fsp3) is 0.462. The van der Waals surface area contributed by atoms with Crippen molar-refractivity contribution in [2.45, 2.75) is 17.7 Å². The lowest BCUT2D eigenvalue weighted by Crippen LogP contribution is -2.42. The standard InChI is InChI=1S/C13H15Br2NO4S/c1-20-13(17)9-3-2-6-16(8-9)21(18,19)12-7-10(14)4-5-11(12)15/h4-5,7,9H,2-3,6,8H2,1H3/t9-/m0/s1. The largest absolute Gasteiger partial charge is 0.469 e. The Morgan fingerprint density at radius 2 is 2.10 bits per heavy atom. The van der Waals surface area contributed by atoms with Crippen molar-refractivity contribution < 1.29 is 17.9 Å². The molecule has 21 heavy (non-hydrogen) atoms. The third kappa shape index (κ3) is 3.67. The topological polar surface area (TPSA) is 63.7 Å². The highest BCUT2D eigenvalue weighted by molar-refractivity contribution is 9.11. The fourth-order valence-corrected chi connectivity index (χ4v) is 5.32. The number of nitrogens with zero attached hydrogens (tertiary/aromatic N) is 1. The number of sulfonamides is 1. The summed E-state index contributed by atoms with van der Waals surface area (Å²) in [6, 6.07) is 5.00. The molecule has 0 radical (unpaired) electrons. The van der Waals surface area contributed by atoms with Crippen LogP contribution in [0.4, 0.5) is 0 Å². The van der Waals surface area contributed by atoms with Gasteiger partial charge in [-0.15, -0.1) is 0 Å². The highest BCUT2D eigenvalue weighted by Gasteiger charge is 2.34. The maximum absolute atomic E-state index is 12.7. The number of hydrogen-bond acceptors (Lipinski definition) is 4. The molecule has 116 valence electrons. The second-order valence-corrected chi connectivity index (χ2v) is 8.48. The molecule has 2 rings (SSSR count). The molecule has 1 heterocycles. The Hall–Kier alpha value is -0.440. The summed E-state index contributed by atoms with van der Waals surface area (Å²) in [4.78, 5) is 11.8. The zero-order chi connectivity index (χ0) is 15.6. The zero-order valence-corrected chi connectivity index (χ0v) is 15.4. The quantitative estimate of drug-likeness (QED) is 0.678. The van der Waals surface area contributed by atoms with Gasteiger partial charge >= 0.3 is 5.97 Å². The van der Waals surface area contributed by atoms with Crippen LogP contribution in [0, 0.1) is 5.92 Å². The van der Waals surface area contributed by atoms with Gasteiger partial charge in [-0.2, -0.15) is 4.31 Å². The van der Waals surface area contributed by atoms with Crippen LogP contribution < -0.4 is 0 Å². The summed E-state index contributed by atoms with van der Waals surface area (Å²) in [6.45, 7) is 0.572. The molecule has 1 saturated heterocycles. The molecule has 0 unspecified atom stereocenters. The van der Waals surface area contributed by atoms with Crippen LogP contribution >= 0.6 is 31.9 Å². The maximum Gasteiger partial charge on any atom is 0.309 e. The second-order valence-electron chi connectivity index (χ2n) is 4.80. The third-order valence-corrected chi connectivity index (χ3v) is 6.78. The van der Waals surface area contributed by atoms with Crippen LogP contribution in [-0.2, 0) is 19.6 Å². The van der Waals surface area contributed by atoms with E-state index in [2.05, 4.69) is 31.9 Å². The number of halogens is 2. The van der Waals surface area contributed by atoms with Gasteiger partial charge in [-0.05, 0) is 47.0 Å².